The highest BCUT2D eigenvalue weighted by atomic mass is 79.9. The van der Waals surface area contributed by atoms with Gasteiger partial charge in [-0.2, -0.15) is 13.2 Å². The topological polar surface area (TPSA) is 64.8 Å². The van der Waals surface area contributed by atoms with Gasteiger partial charge in [0.05, 0.1) is 11.4 Å². The highest BCUT2D eigenvalue weighted by Gasteiger charge is 2.45. The summed E-state index contributed by atoms with van der Waals surface area (Å²) in [5.41, 5.74) is -2.12. The van der Waals surface area contributed by atoms with Gasteiger partial charge in [0.15, 0.2) is 0 Å². The van der Waals surface area contributed by atoms with Crippen molar-refractivity contribution >= 4 is 25.8 Å². The molecule has 1 aromatic carbocycles. The molecule has 3 rings (SSSR count). The molecule has 0 spiro atoms. The molecule has 0 radical (unpaired) electrons. The van der Waals surface area contributed by atoms with Gasteiger partial charge in [-0.15, -0.1) is 0 Å². The largest absolute Gasteiger partial charge is 0.497 e. The van der Waals surface area contributed by atoms with Gasteiger partial charge in [0.25, 0.3) is 9.84 Å². The summed E-state index contributed by atoms with van der Waals surface area (Å²) in [4.78, 5) is 9.07. The fourth-order valence-corrected chi connectivity index (χ4v) is 4.66. The number of aromatic nitrogens is 3. The van der Waals surface area contributed by atoms with Crippen LogP contribution >= 0.6 is 15.9 Å². The van der Waals surface area contributed by atoms with Gasteiger partial charge in [0.2, 0.25) is 0 Å². The van der Waals surface area contributed by atoms with Gasteiger partial charge in [-0.25, -0.2) is 13.4 Å². The van der Waals surface area contributed by atoms with Crippen LogP contribution in [0.15, 0.2) is 47.2 Å². The highest BCUT2D eigenvalue weighted by molar-refractivity contribution is 9.10. The predicted molar refractivity (Wildman–Crippen MR) is 117 cm³/mol. The van der Waals surface area contributed by atoms with Crippen molar-refractivity contribution < 1.29 is 21.6 Å². The molecule has 2 heterocycles. The van der Waals surface area contributed by atoms with Crippen LogP contribution in [0.25, 0.3) is 22.6 Å². The van der Waals surface area contributed by atoms with Gasteiger partial charge in [0, 0.05) is 40.7 Å². The second kappa shape index (κ2) is 8.74. The second-order valence-corrected chi connectivity index (χ2v) is 10.5. The lowest BCUT2D eigenvalue weighted by atomic mass is 10.1. The Kier molecular flexibility index (Phi) is 6.61. The maximum absolute atomic E-state index is 12.7. The molecule has 0 unspecified atom stereocenters. The first-order valence-electron chi connectivity index (χ1n) is 9.44. The third-order valence-corrected chi connectivity index (χ3v) is 6.75. The zero-order valence-corrected chi connectivity index (χ0v) is 19.5. The van der Waals surface area contributed by atoms with Crippen molar-refractivity contribution in [2.45, 2.75) is 31.5 Å². The quantitative estimate of drug-likeness (QED) is 0.432. The standard InChI is InChI=1S/C21H21BrF3N3O2S/c1-13(2)8-17-9-15(6-7-26-17)20-27-19(11-28(20)3)14-4-5-16(18(22)10-14)12-31(29,30)21(23,24)25/h4-7,9-11,13H,8,12H2,1-3H3. The monoisotopic (exact) mass is 515 g/mol. The van der Waals surface area contributed by atoms with Crippen LogP contribution in [-0.2, 0) is 29.1 Å². The van der Waals surface area contributed by atoms with Crippen molar-refractivity contribution in [2.75, 3.05) is 0 Å². The highest BCUT2D eigenvalue weighted by Crippen LogP contribution is 2.32. The van der Waals surface area contributed by atoms with Crippen LogP contribution in [0.3, 0.4) is 0 Å². The first-order valence-corrected chi connectivity index (χ1v) is 11.9. The molecule has 0 amide bonds. The van der Waals surface area contributed by atoms with Crippen LogP contribution in [0, 0.1) is 5.92 Å². The van der Waals surface area contributed by atoms with Crippen molar-refractivity contribution in [3.05, 3.63) is 58.5 Å². The lowest BCUT2D eigenvalue weighted by Crippen LogP contribution is -2.24. The fourth-order valence-electron chi connectivity index (χ4n) is 3.13. The lowest BCUT2D eigenvalue weighted by Gasteiger charge is -2.10. The summed E-state index contributed by atoms with van der Waals surface area (Å²) < 4.78 is 63.1. The van der Waals surface area contributed by atoms with Crippen LogP contribution in [0.4, 0.5) is 13.2 Å². The first-order chi connectivity index (χ1) is 14.4. The first kappa shape index (κ1) is 23.5. The van der Waals surface area contributed by atoms with Crippen LogP contribution < -0.4 is 0 Å². The van der Waals surface area contributed by atoms with E-state index in [4.69, 9.17) is 0 Å². The minimum atomic E-state index is -5.29. The normalized spacial score (nSPS) is 12.5. The summed E-state index contributed by atoms with van der Waals surface area (Å²) in [6.07, 6.45) is 4.40. The van der Waals surface area contributed by atoms with E-state index in [-0.39, 0.29) is 10.0 Å². The van der Waals surface area contributed by atoms with E-state index in [1.54, 1.807) is 18.3 Å². The Morgan fingerprint density at radius 1 is 1.13 bits per heavy atom. The number of nitrogens with zero attached hydrogens (tertiary/aromatic N) is 3. The second-order valence-electron chi connectivity index (χ2n) is 7.71. The number of hydrogen-bond donors (Lipinski definition) is 0. The van der Waals surface area contributed by atoms with Gasteiger partial charge in [-0.05, 0) is 36.1 Å². The van der Waals surface area contributed by atoms with Gasteiger partial charge in [-0.3, -0.25) is 4.98 Å². The Bertz CT molecular complexity index is 1200. The molecule has 10 heteroatoms. The third kappa shape index (κ3) is 5.35. The number of pyridine rings is 1. The number of aryl methyl sites for hydroxylation is 1. The third-order valence-electron chi connectivity index (χ3n) is 4.62. The molecule has 0 aliphatic heterocycles. The molecule has 0 saturated carbocycles. The molecule has 0 saturated heterocycles. The number of imidazole rings is 1. The zero-order chi connectivity index (χ0) is 23.0. The Hall–Kier alpha value is -2.20. The molecule has 31 heavy (non-hydrogen) atoms. The fraction of sp³-hybridized carbons (Fsp3) is 0.333. The molecular weight excluding hydrogens is 495 g/mol. The number of sulfone groups is 1. The summed E-state index contributed by atoms with van der Waals surface area (Å²) >= 11 is 3.19. The number of alkyl halides is 3. The maximum atomic E-state index is 12.7. The van der Waals surface area contributed by atoms with E-state index in [0.717, 1.165) is 23.5 Å². The smallest absolute Gasteiger partial charge is 0.333 e. The Morgan fingerprint density at radius 2 is 1.84 bits per heavy atom. The van der Waals surface area contributed by atoms with E-state index < -0.39 is 21.1 Å². The van der Waals surface area contributed by atoms with Gasteiger partial charge >= 0.3 is 5.51 Å². The molecule has 0 N–H and O–H groups in total. The van der Waals surface area contributed by atoms with Crippen molar-refractivity contribution in [3.8, 4) is 22.6 Å². The van der Waals surface area contributed by atoms with Crippen molar-refractivity contribution in [2.24, 2.45) is 13.0 Å². The Labute approximate surface area is 187 Å². The molecule has 3 aromatic rings. The lowest BCUT2D eigenvalue weighted by molar-refractivity contribution is -0.0437. The van der Waals surface area contributed by atoms with Crippen molar-refractivity contribution in [1.82, 2.24) is 14.5 Å². The summed E-state index contributed by atoms with van der Waals surface area (Å²) in [6, 6.07) is 8.37. The Morgan fingerprint density at radius 3 is 2.45 bits per heavy atom. The molecular formula is C21H21BrF3N3O2S. The van der Waals surface area contributed by atoms with E-state index in [1.807, 2.05) is 29.9 Å². The molecule has 5 nitrogen and oxygen atoms in total. The average molecular weight is 516 g/mol. The number of benzene rings is 1. The van der Waals surface area contributed by atoms with Crippen LogP contribution in [0.1, 0.15) is 25.1 Å². The molecule has 0 aliphatic rings. The van der Waals surface area contributed by atoms with E-state index in [2.05, 4.69) is 39.7 Å². The van der Waals surface area contributed by atoms with Gasteiger partial charge < -0.3 is 4.57 Å². The van der Waals surface area contributed by atoms with E-state index in [9.17, 15) is 21.6 Å². The van der Waals surface area contributed by atoms with Crippen LogP contribution in [-0.4, -0.2) is 28.5 Å². The SMILES string of the molecule is CC(C)Cc1cc(-c2nc(-c3ccc(CS(=O)(=O)C(F)(F)F)c(Br)c3)cn2C)ccn1. The number of halogens is 4. The van der Waals surface area contributed by atoms with Crippen LogP contribution in [0.2, 0.25) is 0 Å². The number of rotatable bonds is 6. The predicted octanol–water partition coefficient (Wildman–Crippen LogP) is 5.54. The summed E-state index contributed by atoms with van der Waals surface area (Å²) in [5, 5.41) is 0. The molecule has 0 aliphatic carbocycles. The van der Waals surface area contributed by atoms with Crippen LogP contribution in [0.5, 0.6) is 0 Å². The summed E-state index contributed by atoms with van der Waals surface area (Å²) in [5.74, 6) is 0.0690. The molecule has 0 atom stereocenters. The number of hydrogen-bond acceptors (Lipinski definition) is 4. The minimum Gasteiger partial charge on any atom is -0.333 e. The molecule has 166 valence electrons. The molecule has 0 bridgehead atoms. The van der Waals surface area contributed by atoms with E-state index >= 15 is 0 Å². The van der Waals surface area contributed by atoms with E-state index in [0.29, 0.717) is 17.2 Å². The van der Waals surface area contributed by atoms with Crippen molar-refractivity contribution in [1.29, 1.82) is 0 Å². The van der Waals surface area contributed by atoms with E-state index in [1.165, 1.54) is 6.07 Å². The van der Waals surface area contributed by atoms with Crippen molar-refractivity contribution in [3.63, 3.8) is 0 Å². The zero-order valence-electron chi connectivity index (χ0n) is 17.1. The minimum absolute atomic E-state index is 0.0321. The Balaban J connectivity index is 1.91. The average Bonchev–Trinajstić information content (AvgIpc) is 3.04. The molecule has 0 fully saturated rings. The molecule has 2 aromatic heterocycles. The van der Waals surface area contributed by atoms with Gasteiger partial charge in [0.1, 0.15) is 5.82 Å². The summed E-state index contributed by atoms with van der Waals surface area (Å²) in [7, 11) is -3.40. The summed E-state index contributed by atoms with van der Waals surface area (Å²) in [6.45, 7) is 4.24. The maximum Gasteiger partial charge on any atom is 0.497 e. The van der Waals surface area contributed by atoms with Gasteiger partial charge in [-0.1, -0.05) is 41.9 Å².